The molecule has 0 spiro atoms. The van der Waals surface area contributed by atoms with Gasteiger partial charge in [-0.1, -0.05) is 13.8 Å². The second kappa shape index (κ2) is 6.68. The van der Waals surface area contributed by atoms with Crippen LogP contribution in [0.1, 0.15) is 55.8 Å². The van der Waals surface area contributed by atoms with Crippen LogP contribution in [0.25, 0.3) is 0 Å². The van der Waals surface area contributed by atoms with Crippen molar-refractivity contribution in [2.45, 2.75) is 52.5 Å². The van der Waals surface area contributed by atoms with Crippen molar-refractivity contribution in [2.24, 2.45) is 0 Å². The van der Waals surface area contributed by atoms with Gasteiger partial charge in [0.1, 0.15) is 17.3 Å². The van der Waals surface area contributed by atoms with Gasteiger partial charge in [-0.2, -0.15) is 0 Å². The Balaban J connectivity index is 2.18. The van der Waals surface area contributed by atoms with Crippen LogP contribution in [-0.4, -0.2) is 35.0 Å². The Labute approximate surface area is 120 Å². The topological polar surface area (TPSA) is 58.1 Å². The van der Waals surface area contributed by atoms with Crippen molar-refractivity contribution >= 4 is 11.7 Å². The van der Waals surface area contributed by atoms with Gasteiger partial charge in [0.2, 0.25) is 0 Å². The van der Waals surface area contributed by atoms with E-state index >= 15 is 0 Å². The molecule has 1 amide bonds. The smallest absolute Gasteiger partial charge is 0.270 e. The van der Waals surface area contributed by atoms with E-state index in [4.69, 9.17) is 0 Å². The molecule has 2 rings (SSSR count). The third kappa shape index (κ3) is 3.92. The van der Waals surface area contributed by atoms with E-state index in [-0.39, 0.29) is 5.91 Å². The molecular formula is C15H24N4O. The predicted octanol–water partition coefficient (Wildman–Crippen LogP) is 2.30. The minimum atomic E-state index is -0.0767. The van der Waals surface area contributed by atoms with Gasteiger partial charge in [0.25, 0.3) is 5.91 Å². The van der Waals surface area contributed by atoms with Crippen molar-refractivity contribution in [3.8, 4) is 0 Å². The second-order valence-corrected chi connectivity index (χ2v) is 5.39. The lowest BCUT2D eigenvalue weighted by Crippen LogP contribution is -2.29. The van der Waals surface area contributed by atoms with E-state index < -0.39 is 0 Å². The first-order valence-corrected chi connectivity index (χ1v) is 7.55. The first kappa shape index (κ1) is 14.8. The fourth-order valence-electron chi connectivity index (χ4n) is 2.20. The van der Waals surface area contributed by atoms with E-state index in [1.165, 1.54) is 0 Å². The molecule has 0 saturated heterocycles. The summed E-state index contributed by atoms with van der Waals surface area (Å²) in [6, 6.07) is 2.17. The third-order valence-electron chi connectivity index (χ3n) is 3.28. The van der Waals surface area contributed by atoms with Crippen LogP contribution in [0.5, 0.6) is 0 Å². The standard InChI is InChI=1S/C15H24N4O/c1-4-8-19(9-5-2)14-10-13(16-11(3)17-14)15(20)18-12-6-7-12/h10,12H,4-9H2,1-3H3,(H,18,20). The molecule has 1 aliphatic carbocycles. The van der Waals surface area contributed by atoms with Gasteiger partial charge in [0.05, 0.1) is 0 Å². The Bertz CT molecular complexity index is 465. The van der Waals surface area contributed by atoms with Crippen LogP contribution in [-0.2, 0) is 0 Å². The van der Waals surface area contributed by atoms with Gasteiger partial charge in [0, 0.05) is 25.2 Å². The summed E-state index contributed by atoms with van der Waals surface area (Å²) in [4.78, 5) is 23.1. The van der Waals surface area contributed by atoms with Crippen LogP contribution in [0, 0.1) is 6.92 Å². The maximum Gasteiger partial charge on any atom is 0.270 e. The van der Waals surface area contributed by atoms with E-state index in [1.54, 1.807) is 0 Å². The fourth-order valence-corrected chi connectivity index (χ4v) is 2.20. The summed E-state index contributed by atoms with van der Waals surface area (Å²) in [6.07, 6.45) is 4.29. The SMILES string of the molecule is CCCN(CCC)c1cc(C(=O)NC2CC2)nc(C)n1. The Kier molecular flexibility index (Phi) is 4.93. The number of aryl methyl sites for hydroxylation is 1. The van der Waals surface area contributed by atoms with E-state index in [1.807, 2.05) is 13.0 Å². The molecule has 0 radical (unpaired) electrons. The third-order valence-corrected chi connectivity index (χ3v) is 3.28. The molecule has 5 nitrogen and oxygen atoms in total. The zero-order valence-electron chi connectivity index (χ0n) is 12.6. The summed E-state index contributed by atoms with van der Waals surface area (Å²) in [7, 11) is 0. The maximum absolute atomic E-state index is 12.1. The molecule has 1 aromatic heterocycles. The maximum atomic E-state index is 12.1. The lowest BCUT2D eigenvalue weighted by molar-refractivity contribution is 0.0945. The van der Waals surface area contributed by atoms with Crippen molar-refractivity contribution in [3.05, 3.63) is 17.6 Å². The molecule has 0 aliphatic heterocycles. The van der Waals surface area contributed by atoms with Crippen molar-refractivity contribution in [2.75, 3.05) is 18.0 Å². The largest absolute Gasteiger partial charge is 0.357 e. The normalized spacial score (nSPS) is 14.2. The average Bonchev–Trinajstić information content (AvgIpc) is 3.21. The Hall–Kier alpha value is -1.65. The van der Waals surface area contributed by atoms with Crippen LogP contribution in [0.2, 0.25) is 0 Å². The first-order chi connectivity index (χ1) is 9.63. The summed E-state index contributed by atoms with van der Waals surface area (Å²) in [5.41, 5.74) is 0.483. The summed E-state index contributed by atoms with van der Waals surface area (Å²) < 4.78 is 0. The van der Waals surface area contributed by atoms with Crippen LogP contribution in [0.4, 0.5) is 5.82 Å². The highest BCUT2D eigenvalue weighted by molar-refractivity contribution is 5.93. The van der Waals surface area contributed by atoms with Gasteiger partial charge < -0.3 is 10.2 Å². The van der Waals surface area contributed by atoms with Crippen molar-refractivity contribution in [1.82, 2.24) is 15.3 Å². The molecule has 1 fully saturated rings. The zero-order valence-corrected chi connectivity index (χ0v) is 12.6. The van der Waals surface area contributed by atoms with Gasteiger partial charge in [-0.05, 0) is 32.6 Å². The van der Waals surface area contributed by atoms with Crippen LogP contribution < -0.4 is 10.2 Å². The van der Waals surface area contributed by atoms with Crippen LogP contribution in [0.3, 0.4) is 0 Å². The molecular weight excluding hydrogens is 252 g/mol. The van der Waals surface area contributed by atoms with Gasteiger partial charge in [-0.3, -0.25) is 4.79 Å². The Morgan fingerprint density at radius 1 is 1.30 bits per heavy atom. The predicted molar refractivity (Wildman–Crippen MR) is 80.1 cm³/mol. The molecule has 1 aliphatic rings. The van der Waals surface area contributed by atoms with E-state index in [0.717, 1.165) is 44.6 Å². The molecule has 1 saturated carbocycles. The number of anilines is 1. The minimum Gasteiger partial charge on any atom is -0.357 e. The quantitative estimate of drug-likeness (QED) is 0.830. The number of hydrogen-bond acceptors (Lipinski definition) is 4. The number of hydrogen-bond donors (Lipinski definition) is 1. The summed E-state index contributed by atoms with van der Waals surface area (Å²) in [5, 5.41) is 2.98. The fraction of sp³-hybridized carbons (Fsp3) is 0.667. The number of aromatic nitrogens is 2. The molecule has 110 valence electrons. The lowest BCUT2D eigenvalue weighted by Gasteiger charge is -2.23. The second-order valence-electron chi connectivity index (χ2n) is 5.39. The number of rotatable bonds is 7. The van der Waals surface area contributed by atoms with Crippen molar-refractivity contribution in [1.29, 1.82) is 0 Å². The van der Waals surface area contributed by atoms with Gasteiger partial charge in [0.15, 0.2) is 0 Å². The lowest BCUT2D eigenvalue weighted by atomic mass is 10.3. The van der Waals surface area contributed by atoms with E-state index in [0.29, 0.717) is 17.6 Å². The molecule has 20 heavy (non-hydrogen) atoms. The van der Waals surface area contributed by atoms with Crippen LogP contribution in [0.15, 0.2) is 6.07 Å². The highest BCUT2D eigenvalue weighted by atomic mass is 16.2. The van der Waals surface area contributed by atoms with Crippen LogP contribution >= 0.6 is 0 Å². The molecule has 0 atom stereocenters. The summed E-state index contributed by atoms with van der Waals surface area (Å²) in [6.45, 7) is 8.05. The van der Waals surface area contributed by atoms with Crippen molar-refractivity contribution < 1.29 is 4.79 Å². The molecule has 0 bridgehead atoms. The highest BCUT2D eigenvalue weighted by Crippen LogP contribution is 2.20. The molecule has 5 heteroatoms. The van der Waals surface area contributed by atoms with Gasteiger partial charge >= 0.3 is 0 Å². The Morgan fingerprint density at radius 3 is 2.50 bits per heavy atom. The average molecular weight is 276 g/mol. The number of amides is 1. The summed E-state index contributed by atoms with van der Waals surface area (Å²) >= 11 is 0. The molecule has 1 aromatic rings. The number of nitrogens with one attached hydrogen (secondary N) is 1. The summed E-state index contributed by atoms with van der Waals surface area (Å²) in [5.74, 6) is 1.44. The van der Waals surface area contributed by atoms with Gasteiger partial charge in [-0.25, -0.2) is 9.97 Å². The molecule has 1 N–H and O–H groups in total. The number of carbonyl (C=O) groups excluding carboxylic acids is 1. The van der Waals surface area contributed by atoms with Gasteiger partial charge in [-0.15, -0.1) is 0 Å². The van der Waals surface area contributed by atoms with E-state index in [9.17, 15) is 4.79 Å². The van der Waals surface area contributed by atoms with Crippen molar-refractivity contribution in [3.63, 3.8) is 0 Å². The Morgan fingerprint density at radius 2 is 1.95 bits per heavy atom. The monoisotopic (exact) mass is 276 g/mol. The van der Waals surface area contributed by atoms with E-state index in [2.05, 4.69) is 34.0 Å². The first-order valence-electron chi connectivity index (χ1n) is 7.55. The number of carbonyl (C=O) groups is 1. The zero-order chi connectivity index (χ0) is 14.5. The number of nitrogens with zero attached hydrogens (tertiary/aromatic N) is 3. The molecule has 0 unspecified atom stereocenters. The molecule has 0 aromatic carbocycles. The minimum absolute atomic E-state index is 0.0767. The molecule has 1 heterocycles. The highest BCUT2D eigenvalue weighted by Gasteiger charge is 2.25.